The number of aromatic nitrogens is 2. The number of hydrogen-bond donors (Lipinski definition) is 1. The third-order valence-corrected chi connectivity index (χ3v) is 4.80. The molecule has 0 amide bonds. The Bertz CT molecular complexity index is 679. The zero-order chi connectivity index (χ0) is 16.2. The standard InChI is InChI=1S/C18H23BrN4/c1-13-7-8-16(15(19)11-13)21-18-20-14(2)12-17(22-18)23-9-5-3-4-6-10-23/h7-8,11-12H,3-6,9-10H2,1-2H3,(H,20,21,22). The van der Waals surface area contributed by atoms with Crippen molar-refractivity contribution in [1.29, 1.82) is 0 Å². The van der Waals surface area contributed by atoms with E-state index in [4.69, 9.17) is 4.98 Å². The van der Waals surface area contributed by atoms with E-state index in [0.29, 0.717) is 5.95 Å². The summed E-state index contributed by atoms with van der Waals surface area (Å²) in [6, 6.07) is 8.31. The first-order chi connectivity index (χ1) is 11.1. The van der Waals surface area contributed by atoms with Crippen molar-refractivity contribution in [2.45, 2.75) is 39.5 Å². The van der Waals surface area contributed by atoms with Gasteiger partial charge in [0.25, 0.3) is 0 Å². The summed E-state index contributed by atoms with van der Waals surface area (Å²) in [5.74, 6) is 1.69. The first-order valence-electron chi connectivity index (χ1n) is 8.25. The molecule has 1 aromatic heterocycles. The maximum Gasteiger partial charge on any atom is 0.229 e. The summed E-state index contributed by atoms with van der Waals surface area (Å²) >= 11 is 3.60. The molecule has 1 aliphatic rings. The lowest BCUT2D eigenvalue weighted by molar-refractivity contribution is 0.726. The topological polar surface area (TPSA) is 41.1 Å². The normalized spacial score (nSPS) is 15.3. The monoisotopic (exact) mass is 374 g/mol. The average molecular weight is 375 g/mol. The summed E-state index contributed by atoms with van der Waals surface area (Å²) in [7, 11) is 0. The van der Waals surface area contributed by atoms with Crippen molar-refractivity contribution in [3.05, 3.63) is 40.0 Å². The molecule has 2 heterocycles. The minimum absolute atomic E-state index is 0.661. The van der Waals surface area contributed by atoms with Crippen LogP contribution >= 0.6 is 15.9 Å². The van der Waals surface area contributed by atoms with Crippen LogP contribution in [0, 0.1) is 13.8 Å². The SMILES string of the molecule is Cc1ccc(Nc2nc(C)cc(N3CCCCCC3)n2)c(Br)c1. The van der Waals surface area contributed by atoms with Crippen molar-refractivity contribution < 1.29 is 0 Å². The van der Waals surface area contributed by atoms with E-state index in [1.54, 1.807) is 0 Å². The molecule has 0 aliphatic carbocycles. The maximum absolute atomic E-state index is 4.74. The molecular weight excluding hydrogens is 352 g/mol. The van der Waals surface area contributed by atoms with Gasteiger partial charge < -0.3 is 10.2 Å². The molecule has 1 fully saturated rings. The molecule has 1 N–H and O–H groups in total. The molecule has 0 radical (unpaired) electrons. The van der Waals surface area contributed by atoms with E-state index in [9.17, 15) is 0 Å². The van der Waals surface area contributed by atoms with E-state index in [-0.39, 0.29) is 0 Å². The van der Waals surface area contributed by atoms with Gasteiger partial charge in [-0.1, -0.05) is 18.9 Å². The Morgan fingerprint density at radius 3 is 2.43 bits per heavy atom. The lowest BCUT2D eigenvalue weighted by atomic mass is 10.2. The summed E-state index contributed by atoms with van der Waals surface area (Å²) in [4.78, 5) is 11.7. The predicted molar refractivity (Wildman–Crippen MR) is 99.6 cm³/mol. The fourth-order valence-electron chi connectivity index (χ4n) is 2.91. The summed E-state index contributed by atoms with van der Waals surface area (Å²) in [6.45, 7) is 6.28. The van der Waals surface area contributed by atoms with Gasteiger partial charge in [0.15, 0.2) is 0 Å². The summed E-state index contributed by atoms with van der Waals surface area (Å²) in [5.41, 5.74) is 3.20. The fraction of sp³-hybridized carbons (Fsp3) is 0.444. The summed E-state index contributed by atoms with van der Waals surface area (Å²) < 4.78 is 1.03. The first-order valence-corrected chi connectivity index (χ1v) is 9.05. The molecule has 3 rings (SSSR count). The van der Waals surface area contributed by atoms with Gasteiger partial charge in [-0.05, 0) is 60.3 Å². The van der Waals surface area contributed by atoms with Gasteiger partial charge >= 0.3 is 0 Å². The number of hydrogen-bond acceptors (Lipinski definition) is 4. The zero-order valence-corrected chi connectivity index (χ0v) is 15.4. The number of nitrogens with one attached hydrogen (secondary N) is 1. The second-order valence-electron chi connectivity index (χ2n) is 6.20. The highest BCUT2D eigenvalue weighted by molar-refractivity contribution is 9.10. The van der Waals surface area contributed by atoms with Crippen LogP contribution < -0.4 is 10.2 Å². The van der Waals surface area contributed by atoms with Crippen LogP contribution in [-0.2, 0) is 0 Å². The molecule has 4 nitrogen and oxygen atoms in total. The lowest BCUT2D eigenvalue weighted by Crippen LogP contribution is -2.25. The third kappa shape index (κ3) is 4.22. The quantitative estimate of drug-likeness (QED) is 0.822. The van der Waals surface area contributed by atoms with Crippen molar-refractivity contribution >= 4 is 33.4 Å². The van der Waals surface area contributed by atoms with E-state index < -0.39 is 0 Å². The van der Waals surface area contributed by atoms with Gasteiger partial charge in [-0.3, -0.25) is 0 Å². The molecule has 1 aromatic carbocycles. The van der Waals surface area contributed by atoms with Gasteiger partial charge in [0.2, 0.25) is 5.95 Å². The van der Waals surface area contributed by atoms with E-state index >= 15 is 0 Å². The number of aryl methyl sites for hydroxylation is 2. The van der Waals surface area contributed by atoms with Crippen LogP contribution in [0.5, 0.6) is 0 Å². The Morgan fingerprint density at radius 2 is 1.74 bits per heavy atom. The van der Waals surface area contributed by atoms with Gasteiger partial charge in [0.05, 0.1) is 5.69 Å². The molecular formula is C18H23BrN4. The van der Waals surface area contributed by atoms with Crippen molar-refractivity contribution in [1.82, 2.24) is 9.97 Å². The fourth-order valence-corrected chi connectivity index (χ4v) is 3.50. The maximum atomic E-state index is 4.74. The highest BCUT2D eigenvalue weighted by atomic mass is 79.9. The predicted octanol–water partition coefficient (Wildman–Crippen LogP) is 4.98. The molecule has 5 heteroatoms. The van der Waals surface area contributed by atoms with Crippen molar-refractivity contribution in [3.8, 4) is 0 Å². The molecule has 0 spiro atoms. The molecule has 1 aliphatic heterocycles. The van der Waals surface area contributed by atoms with Gasteiger partial charge in [-0.2, -0.15) is 4.98 Å². The second-order valence-corrected chi connectivity index (χ2v) is 7.06. The zero-order valence-electron chi connectivity index (χ0n) is 13.8. The highest BCUT2D eigenvalue weighted by Crippen LogP contribution is 2.27. The first kappa shape index (κ1) is 16.2. The molecule has 0 saturated carbocycles. The Labute approximate surface area is 146 Å². The number of benzene rings is 1. The van der Waals surface area contributed by atoms with Crippen molar-refractivity contribution in [2.75, 3.05) is 23.3 Å². The van der Waals surface area contributed by atoms with Crippen LogP contribution in [0.2, 0.25) is 0 Å². The van der Waals surface area contributed by atoms with Gasteiger partial charge in [0, 0.05) is 29.3 Å². The third-order valence-electron chi connectivity index (χ3n) is 4.14. The number of nitrogens with zero attached hydrogens (tertiary/aromatic N) is 3. The van der Waals surface area contributed by atoms with Gasteiger partial charge in [0.1, 0.15) is 5.82 Å². The van der Waals surface area contributed by atoms with Crippen LogP contribution in [0.1, 0.15) is 36.9 Å². The molecule has 0 bridgehead atoms. The Hall–Kier alpha value is -1.62. The Kier molecular flexibility index (Phi) is 5.16. The molecule has 2 aromatic rings. The molecule has 0 unspecified atom stereocenters. The number of rotatable bonds is 3. The van der Waals surface area contributed by atoms with Crippen LogP contribution in [0.15, 0.2) is 28.7 Å². The van der Waals surface area contributed by atoms with Crippen molar-refractivity contribution in [3.63, 3.8) is 0 Å². The second kappa shape index (κ2) is 7.30. The summed E-state index contributed by atoms with van der Waals surface area (Å²) in [6.07, 6.45) is 5.13. The summed E-state index contributed by atoms with van der Waals surface area (Å²) in [5, 5.41) is 3.34. The van der Waals surface area contributed by atoms with Gasteiger partial charge in [-0.15, -0.1) is 0 Å². The van der Waals surface area contributed by atoms with E-state index in [0.717, 1.165) is 34.8 Å². The van der Waals surface area contributed by atoms with Crippen molar-refractivity contribution in [2.24, 2.45) is 0 Å². The van der Waals surface area contributed by atoms with Crippen LogP contribution in [-0.4, -0.2) is 23.1 Å². The van der Waals surface area contributed by atoms with Crippen LogP contribution in [0.3, 0.4) is 0 Å². The minimum Gasteiger partial charge on any atom is -0.356 e. The molecule has 1 saturated heterocycles. The number of halogens is 1. The van der Waals surface area contributed by atoms with E-state index in [2.05, 4.69) is 62.3 Å². The van der Waals surface area contributed by atoms with Crippen LogP contribution in [0.4, 0.5) is 17.5 Å². The molecule has 23 heavy (non-hydrogen) atoms. The molecule has 122 valence electrons. The van der Waals surface area contributed by atoms with Gasteiger partial charge in [-0.25, -0.2) is 4.98 Å². The minimum atomic E-state index is 0.661. The van der Waals surface area contributed by atoms with E-state index in [1.165, 1.54) is 31.2 Å². The average Bonchev–Trinajstić information content (AvgIpc) is 2.79. The highest BCUT2D eigenvalue weighted by Gasteiger charge is 2.13. The Balaban J connectivity index is 1.84. The largest absolute Gasteiger partial charge is 0.356 e. The smallest absolute Gasteiger partial charge is 0.229 e. The molecule has 0 atom stereocenters. The lowest BCUT2D eigenvalue weighted by Gasteiger charge is -2.22. The van der Waals surface area contributed by atoms with E-state index in [1.807, 2.05) is 6.92 Å². The number of anilines is 3. The Morgan fingerprint density at radius 1 is 1.00 bits per heavy atom. The van der Waals surface area contributed by atoms with Crippen LogP contribution in [0.25, 0.3) is 0 Å².